The molecule has 0 fully saturated rings. The van der Waals surface area contributed by atoms with Crippen molar-refractivity contribution in [1.29, 1.82) is 0 Å². The van der Waals surface area contributed by atoms with Crippen LogP contribution in [0.3, 0.4) is 0 Å². The predicted molar refractivity (Wildman–Crippen MR) is 137 cm³/mol. The summed E-state index contributed by atoms with van der Waals surface area (Å²) in [6, 6.07) is 14.5. The number of nitrogens with zero attached hydrogens (tertiary/aromatic N) is 2. The van der Waals surface area contributed by atoms with Gasteiger partial charge in [-0.2, -0.15) is 0 Å². The van der Waals surface area contributed by atoms with Gasteiger partial charge in [-0.15, -0.1) is 0 Å². The van der Waals surface area contributed by atoms with Crippen molar-refractivity contribution in [2.45, 2.75) is 59.5 Å². The molecule has 0 saturated carbocycles. The summed E-state index contributed by atoms with van der Waals surface area (Å²) >= 11 is 0. The molecule has 0 spiro atoms. The number of hydrogen-bond acceptors (Lipinski definition) is 4. The van der Waals surface area contributed by atoms with Gasteiger partial charge >= 0.3 is 0 Å². The van der Waals surface area contributed by atoms with E-state index in [9.17, 15) is 18.0 Å². The maximum absolute atomic E-state index is 13.2. The van der Waals surface area contributed by atoms with Gasteiger partial charge in [-0.3, -0.25) is 13.9 Å². The Kier molecular flexibility index (Phi) is 10.1. The quantitative estimate of drug-likeness (QED) is 0.493. The molecule has 1 unspecified atom stereocenters. The highest BCUT2D eigenvalue weighted by Crippen LogP contribution is 2.20. The minimum Gasteiger partial charge on any atom is -0.354 e. The van der Waals surface area contributed by atoms with Gasteiger partial charge in [0, 0.05) is 26.1 Å². The molecule has 1 atom stereocenters. The SMILES string of the molecule is CCCNC(=O)C(C)N(Cc1cccc(C)c1)C(=O)CCCN(c1ccc(C)cc1)S(C)(=O)=O. The first-order chi connectivity index (χ1) is 16.0. The summed E-state index contributed by atoms with van der Waals surface area (Å²) in [5.74, 6) is -0.377. The number of aryl methyl sites for hydroxylation is 2. The average Bonchev–Trinajstić information content (AvgIpc) is 2.78. The molecule has 0 saturated heterocycles. The predicted octanol–water partition coefficient (Wildman–Crippen LogP) is 3.79. The van der Waals surface area contributed by atoms with Crippen molar-refractivity contribution in [3.63, 3.8) is 0 Å². The Labute approximate surface area is 204 Å². The normalized spacial score (nSPS) is 12.1. The van der Waals surface area contributed by atoms with E-state index in [4.69, 9.17) is 0 Å². The molecule has 34 heavy (non-hydrogen) atoms. The number of sulfonamides is 1. The topological polar surface area (TPSA) is 86.8 Å². The van der Waals surface area contributed by atoms with Crippen LogP contribution in [0.15, 0.2) is 48.5 Å². The highest BCUT2D eigenvalue weighted by atomic mass is 32.2. The second-order valence-electron chi connectivity index (χ2n) is 8.75. The third kappa shape index (κ3) is 8.17. The Balaban J connectivity index is 2.14. The molecule has 7 nitrogen and oxygen atoms in total. The highest BCUT2D eigenvalue weighted by molar-refractivity contribution is 7.92. The van der Waals surface area contributed by atoms with E-state index in [1.165, 1.54) is 10.6 Å². The van der Waals surface area contributed by atoms with Crippen LogP contribution in [-0.4, -0.2) is 50.5 Å². The molecular formula is C26H37N3O4S. The molecular weight excluding hydrogens is 450 g/mol. The van der Waals surface area contributed by atoms with Crippen LogP contribution in [0.2, 0.25) is 0 Å². The first-order valence-corrected chi connectivity index (χ1v) is 13.5. The summed E-state index contributed by atoms with van der Waals surface area (Å²) in [7, 11) is -3.50. The number of anilines is 1. The highest BCUT2D eigenvalue weighted by Gasteiger charge is 2.26. The van der Waals surface area contributed by atoms with Gasteiger partial charge in [0.05, 0.1) is 11.9 Å². The van der Waals surface area contributed by atoms with Gasteiger partial charge < -0.3 is 10.2 Å². The largest absolute Gasteiger partial charge is 0.354 e. The summed E-state index contributed by atoms with van der Waals surface area (Å²) in [4.78, 5) is 27.5. The third-order valence-corrected chi connectivity index (χ3v) is 6.82. The van der Waals surface area contributed by atoms with Gasteiger partial charge in [0.1, 0.15) is 6.04 Å². The summed E-state index contributed by atoms with van der Waals surface area (Å²) < 4.78 is 26.1. The standard InChI is InChI=1S/C26H37N3O4S/c1-6-16-27-26(31)22(4)28(19-23-10-7-9-21(3)18-23)25(30)11-8-17-29(34(5,32)33)24-14-12-20(2)13-15-24/h7,9-10,12-15,18,22H,6,8,11,16-17,19H2,1-5H3,(H,27,31). The van der Waals surface area contributed by atoms with Crippen LogP contribution in [0, 0.1) is 13.8 Å². The molecule has 8 heteroatoms. The van der Waals surface area contributed by atoms with Gasteiger partial charge in [0.25, 0.3) is 0 Å². The number of rotatable bonds is 12. The molecule has 1 N–H and O–H groups in total. The second-order valence-corrected chi connectivity index (χ2v) is 10.7. The van der Waals surface area contributed by atoms with E-state index < -0.39 is 16.1 Å². The average molecular weight is 488 g/mol. The van der Waals surface area contributed by atoms with Gasteiger partial charge in [-0.1, -0.05) is 54.4 Å². The van der Waals surface area contributed by atoms with Crippen molar-refractivity contribution >= 4 is 27.5 Å². The number of amides is 2. The van der Waals surface area contributed by atoms with Crippen molar-refractivity contribution in [2.24, 2.45) is 0 Å². The van der Waals surface area contributed by atoms with Crippen LogP contribution in [0.1, 0.15) is 49.8 Å². The van der Waals surface area contributed by atoms with Gasteiger partial charge in [-0.05, 0) is 51.3 Å². The molecule has 2 rings (SSSR count). The third-order valence-electron chi connectivity index (χ3n) is 5.63. The van der Waals surface area contributed by atoms with Crippen molar-refractivity contribution in [3.8, 4) is 0 Å². The molecule has 0 aliphatic carbocycles. The zero-order valence-corrected chi connectivity index (χ0v) is 21.7. The van der Waals surface area contributed by atoms with Crippen LogP contribution in [0.25, 0.3) is 0 Å². The fraction of sp³-hybridized carbons (Fsp3) is 0.462. The number of carbonyl (C=O) groups is 2. The van der Waals surface area contributed by atoms with Crippen LogP contribution < -0.4 is 9.62 Å². The molecule has 0 aliphatic heterocycles. The lowest BCUT2D eigenvalue weighted by molar-refractivity contribution is -0.140. The lowest BCUT2D eigenvalue weighted by Crippen LogP contribution is -2.47. The number of nitrogens with one attached hydrogen (secondary N) is 1. The molecule has 0 aliphatic rings. The van der Waals surface area contributed by atoms with E-state index in [0.717, 1.165) is 23.1 Å². The van der Waals surface area contributed by atoms with E-state index in [1.807, 2.05) is 57.2 Å². The van der Waals surface area contributed by atoms with Crippen LogP contribution in [0.4, 0.5) is 5.69 Å². The first-order valence-electron chi connectivity index (χ1n) is 11.7. The Hall–Kier alpha value is -2.87. The summed E-state index contributed by atoms with van der Waals surface area (Å²) in [5.41, 5.74) is 3.63. The maximum Gasteiger partial charge on any atom is 0.242 e. The van der Waals surface area contributed by atoms with E-state index in [1.54, 1.807) is 24.0 Å². The molecule has 0 radical (unpaired) electrons. The Morgan fingerprint density at radius 2 is 1.71 bits per heavy atom. The van der Waals surface area contributed by atoms with Crippen molar-refractivity contribution in [2.75, 3.05) is 23.7 Å². The van der Waals surface area contributed by atoms with Gasteiger partial charge in [0.15, 0.2) is 0 Å². The van der Waals surface area contributed by atoms with E-state index >= 15 is 0 Å². The number of carbonyl (C=O) groups excluding carboxylic acids is 2. The molecule has 0 heterocycles. The van der Waals surface area contributed by atoms with Crippen LogP contribution in [-0.2, 0) is 26.2 Å². The van der Waals surface area contributed by atoms with Crippen LogP contribution >= 0.6 is 0 Å². The van der Waals surface area contributed by atoms with Gasteiger partial charge in [0.2, 0.25) is 21.8 Å². The number of hydrogen-bond donors (Lipinski definition) is 1. The minimum atomic E-state index is -3.50. The first kappa shape index (κ1) is 27.4. The Morgan fingerprint density at radius 3 is 2.29 bits per heavy atom. The van der Waals surface area contributed by atoms with Crippen molar-refractivity contribution in [3.05, 3.63) is 65.2 Å². The summed E-state index contributed by atoms with van der Waals surface area (Å²) in [5, 5.41) is 2.86. The lowest BCUT2D eigenvalue weighted by Gasteiger charge is -2.29. The van der Waals surface area contributed by atoms with Gasteiger partial charge in [-0.25, -0.2) is 8.42 Å². The fourth-order valence-electron chi connectivity index (χ4n) is 3.70. The fourth-order valence-corrected chi connectivity index (χ4v) is 4.67. The molecule has 2 aromatic carbocycles. The molecule has 2 aromatic rings. The monoisotopic (exact) mass is 487 g/mol. The zero-order chi connectivity index (χ0) is 25.3. The Bertz CT molecular complexity index is 1070. The molecule has 0 bridgehead atoms. The van der Waals surface area contributed by atoms with Crippen molar-refractivity contribution in [1.82, 2.24) is 10.2 Å². The Morgan fingerprint density at radius 1 is 1.03 bits per heavy atom. The minimum absolute atomic E-state index is 0.134. The summed E-state index contributed by atoms with van der Waals surface area (Å²) in [6.07, 6.45) is 2.45. The molecule has 0 aromatic heterocycles. The maximum atomic E-state index is 13.2. The van der Waals surface area contributed by atoms with E-state index in [-0.39, 0.29) is 24.8 Å². The zero-order valence-electron chi connectivity index (χ0n) is 20.9. The number of benzene rings is 2. The molecule has 186 valence electrons. The second kappa shape index (κ2) is 12.6. The summed E-state index contributed by atoms with van der Waals surface area (Å²) in [6.45, 7) is 8.68. The lowest BCUT2D eigenvalue weighted by atomic mass is 10.1. The van der Waals surface area contributed by atoms with Crippen molar-refractivity contribution < 1.29 is 18.0 Å². The van der Waals surface area contributed by atoms with E-state index in [2.05, 4.69) is 5.32 Å². The smallest absolute Gasteiger partial charge is 0.242 e. The van der Waals surface area contributed by atoms with Crippen LogP contribution in [0.5, 0.6) is 0 Å². The molecule has 2 amide bonds. The van der Waals surface area contributed by atoms with E-state index in [0.29, 0.717) is 25.2 Å².